The van der Waals surface area contributed by atoms with Crippen LogP contribution in [0.2, 0.25) is 0 Å². The quantitative estimate of drug-likeness (QED) is 0.395. The highest BCUT2D eigenvalue weighted by Gasteiger charge is 2.15. The first kappa shape index (κ1) is 15.7. The van der Waals surface area contributed by atoms with Gasteiger partial charge in [-0.1, -0.05) is 65.7 Å². The number of fused-ring (bicyclic) bond motifs is 1. The third kappa shape index (κ3) is 2.66. The van der Waals surface area contributed by atoms with Crippen molar-refractivity contribution in [2.45, 2.75) is 27.7 Å². The molecule has 0 atom stereocenters. The van der Waals surface area contributed by atoms with Crippen LogP contribution < -0.4 is 0 Å². The van der Waals surface area contributed by atoms with E-state index in [-0.39, 0.29) is 0 Å². The molecule has 0 spiro atoms. The number of aryl methyl sites for hydroxylation is 4. The van der Waals surface area contributed by atoms with Gasteiger partial charge in [0.1, 0.15) is 0 Å². The van der Waals surface area contributed by atoms with Gasteiger partial charge < -0.3 is 4.57 Å². The Labute approximate surface area is 149 Å². The van der Waals surface area contributed by atoms with Crippen LogP contribution in [0.3, 0.4) is 0 Å². The van der Waals surface area contributed by atoms with Crippen LogP contribution in [-0.2, 0) is 0 Å². The van der Waals surface area contributed by atoms with Crippen LogP contribution in [0, 0.1) is 27.7 Å². The predicted molar refractivity (Wildman–Crippen MR) is 108 cm³/mol. The van der Waals surface area contributed by atoms with E-state index in [1.807, 2.05) is 0 Å². The summed E-state index contributed by atoms with van der Waals surface area (Å²) >= 11 is 0. The standard InChI is InChI=1S/C24H23N/c1-16-9-11-20(12-10-16)23-15-21-7-5-6-8-22(21)25(23)24-18(3)13-17(2)14-19(24)4/h5-15H,1-4H3. The van der Waals surface area contributed by atoms with E-state index in [4.69, 9.17) is 0 Å². The zero-order valence-corrected chi connectivity index (χ0v) is 15.3. The van der Waals surface area contributed by atoms with Crippen LogP contribution in [0.4, 0.5) is 0 Å². The lowest BCUT2D eigenvalue weighted by atomic mass is 10.0. The molecule has 0 unspecified atom stereocenters. The van der Waals surface area contributed by atoms with Crippen molar-refractivity contribution >= 4 is 10.9 Å². The molecule has 0 radical (unpaired) electrons. The van der Waals surface area contributed by atoms with Crippen molar-refractivity contribution in [1.29, 1.82) is 0 Å². The highest BCUT2D eigenvalue weighted by atomic mass is 15.0. The fraction of sp³-hybridized carbons (Fsp3) is 0.167. The van der Waals surface area contributed by atoms with Crippen LogP contribution in [0.15, 0.2) is 66.7 Å². The van der Waals surface area contributed by atoms with Crippen molar-refractivity contribution in [2.24, 2.45) is 0 Å². The van der Waals surface area contributed by atoms with Crippen molar-refractivity contribution < 1.29 is 0 Å². The van der Waals surface area contributed by atoms with E-state index in [0.29, 0.717) is 0 Å². The van der Waals surface area contributed by atoms with E-state index < -0.39 is 0 Å². The van der Waals surface area contributed by atoms with Gasteiger partial charge in [-0.3, -0.25) is 0 Å². The van der Waals surface area contributed by atoms with Crippen LogP contribution >= 0.6 is 0 Å². The molecule has 25 heavy (non-hydrogen) atoms. The van der Waals surface area contributed by atoms with E-state index in [1.165, 1.54) is 50.1 Å². The molecule has 0 bridgehead atoms. The second-order valence-electron chi connectivity index (χ2n) is 7.04. The van der Waals surface area contributed by atoms with Gasteiger partial charge in [0.15, 0.2) is 0 Å². The summed E-state index contributed by atoms with van der Waals surface area (Å²) in [4.78, 5) is 0. The molecule has 0 aliphatic rings. The van der Waals surface area contributed by atoms with Crippen molar-refractivity contribution in [3.8, 4) is 16.9 Å². The Kier molecular flexibility index (Phi) is 3.73. The molecule has 0 fully saturated rings. The minimum atomic E-state index is 1.25. The Morgan fingerprint density at radius 1 is 0.640 bits per heavy atom. The average molecular weight is 325 g/mol. The summed E-state index contributed by atoms with van der Waals surface area (Å²) in [6.07, 6.45) is 0. The van der Waals surface area contributed by atoms with Crippen LogP contribution in [0.1, 0.15) is 22.3 Å². The monoisotopic (exact) mass is 325 g/mol. The van der Waals surface area contributed by atoms with Gasteiger partial charge in [-0.2, -0.15) is 0 Å². The van der Waals surface area contributed by atoms with E-state index in [2.05, 4.69) is 99.0 Å². The lowest BCUT2D eigenvalue weighted by molar-refractivity contribution is 1.08. The Hall–Kier alpha value is -2.80. The molecule has 1 aromatic heterocycles. The molecule has 124 valence electrons. The number of benzene rings is 3. The molecule has 1 heterocycles. The molecule has 0 N–H and O–H groups in total. The third-order valence-electron chi connectivity index (χ3n) is 4.92. The number of para-hydroxylation sites is 1. The van der Waals surface area contributed by atoms with Gasteiger partial charge in [0.05, 0.1) is 16.9 Å². The highest BCUT2D eigenvalue weighted by molar-refractivity contribution is 5.89. The van der Waals surface area contributed by atoms with Gasteiger partial charge in [0.25, 0.3) is 0 Å². The largest absolute Gasteiger partial charge is 0.309 e. The number of hydrogen-bond acceptors (Lipinski definition) is 0. The zero-order valence-electron chi connectivity index (χ0n) is 15.3. The molecule has 3 aromatic carbocycles. The summed E-state index contributed by atoms with van der Waals surface area (Å²) in [7, 11) is 0. The second-order valence-corrected chi connectivity index (χ2v) is 7.04. The lowest BCUT2D eigenvalue weighted by Gasteiger charge is -2.17. The number of aromatic nitrogens is 1. The maximum absolute atomic E-state index is 2.42. The van der Waals surface area contributed by atoms with Gasteiger partial charge in [0.2, 0.25) is 0 Å². The van der Waals surface area contributed by atoms with Gasteiger partial charge in [-0.25, -0.2) is 0 Å². The summed E-state index contributed by atoms with van der Waals surface area (Å²) in [5, 5.41) is 1.28. The first-order chi connectivity index (χ1) is 12.0. The molecule has 4 rings (SSSR count). The van der Waals surface area contributed by atoms with Gasteiger partial charge in [-0.15, -0.1) is 0 Å². The predicted octanol–water partition coefficient (Wildman–Crippen LogP) is 6.53. The third-order valence-corrected chi connectivity index (χ3v) is 4.92. The van der Waals surface area contributed by atoms with E-state index in [9.17, 15) is 0 Å². The molecule has 0 aliphatic carbocycles. The van der Waals surface area contributed by atoms with Gasteiger partial charge in [0, 0.05) is 5.39 Å². The number of nitrogens with zero attached hydrogens (tertiary/aromatic N) is 1. The van der Waals surface area contributed by atoms with Gasteiger partial charge in [-0.05, 0) is 56.5 Å². The van der Waals surface area contributed by atoms with Crippen molar-refractivity contribution in [3.05, 3.63) is 89.0 Å². The van der Waals surface area contributed by atoms with E-state index >= 15 is 0 Å². The highest BCUT2D eigenvalue weighted by Crippen LogP contribution is 2.34. The van der Waals surface area contributed by atoms with Gasteiger partial charge >= 0.3 is 0 Å². The SMILES string of the molecule is Cc1ccc(-c2cc3ccccc3n2-c2c(C)cc(C)cc2C)cc1. The first-order valence-electron chi connectivity index (χ1n) is 8.80. The maximum atomic E-state index is 2.42. The molecule has 1 heteroatoms. The normalized spacial score (nSPS) is 11.2. The van der Waals surface area contributed by atoms with Crippen molar-refractivity contribution in [2.75, 3.05) is 0 Å². The van der Waals surface area contributed by atoms with Crippen LogP contribution in [0.5, 0.6) is 0 Å². The minimum absolute atomic E-state index is 1.25. The number of hydrogen-bond donors (Lipinski definition) is 0. The number of rotatable bonds is 2. The molecule has 0 amide bonds. The molecule has 1 nitrogen and oxygen atoms in total. The summed E-state index contributed by atoms with van der Waals surface area (Å²) in [6.45, 7) is 8.72. The fourth-order valence-corrected chi connectivity index (χ4v) is 3.86. The summed E-state index contributed by atoms with van der Waals surface area (Å²) in [5.74, 6) is 0. The molecular formula is C24H23N. The van der Waals surface area contributed by atoms with E-state index in [1.54, 1.807) is 0 Å². The Balaban J connectivity index is 2.09. The summed E-state index contributed by atoms with van der Waals surface area (Å²) < 4.78 is 2.42. The fourth-order valence-electron chi connectivity index (χ4n) is 3.86. The Morgan fingerprint density at radius 2 is 1.28 bits per heavy atom. The first-order valence-corrected chi connectivity index (χ1v) is 8.80. The summed E-state index contributed by atoms with van der Waals surface area (Å²) in [6, 6.07) is 24.3. The summed E-state index contributed by atoms with van der Waals surface area (Å²) in [5.41, 5.74) is 10.3. The van der Waals surface area contributed by atoms with Crippen molar-refractivity contribution in [1.82, 2.24) is 4.57 Å². The maximum Gasteiger partial charge on any atom is 0.0541 e. The molecule has 0 saturated carbocycles. The average Bonchev–Trinajstić information content (AvgIpc) is 2.94. The smallest absolute Gasteiger partial charge is 0.0541 e. The van der Waals surface area contributed by atoms with E-state index in [0.717, 1.165) is 0 Å². The van der Waals surface area contributed by atoms with Crippen LogP contribution in [0.25, 0.3) is 27.8 Å². The Bertz CT molecular complexity index is 1040. The topological polar surface area (TPSA) is 4.93 Å². The van der Waals surface area contributed by atoms with Crippen molar-refractivity contribution in [3.63, 3.8) is 0 Å². The second kappa shape index (κ2) is 5.93. The Morgan fingerprint density at radius 3 is 1.96 bits per heavy atom. The zero-order chi connectivity index (χ0) is 17.6. The minimum Gasteiger partial charge on any atom is -0.309 e. The lowest BCUT2D eigenvalue weighted by Crippen LogP contribution is -2.02. The molecule has 0 saturated heterocycles. The molecular weight excluding hydrogens is 302 g/mol. The van der Waals surface area contributed by atoms with Crippen LogP contribution in [-0.4, -0.2) is 4.57 Å². The molecule has 0 aliphatic heterocycles. The molecule has 4 aromatic rings.